The van der Waals surface area contributed by atoms with E-state index in [1.54, 1.807) is 26.2 Å². The summed E-state index contributed by atoms with van der Waals surface area (Å²) in [5.74, 6) is 1.87. The number of amides is 1. The number of methoxy groups -OCH3 is 1. The van der Waals surface area contributed by atoms with Gasteiger partial charge >= 0.3 is 0 Å². The van der Waals surface area contributed by atoms with Crippen LogP contribution in [-0.2, 0) is 4.79 Å². The largest absolute Gasteiger partial charge is 0.497 e. The van der Waals surface area contributed by atoms with Gasteiger partial charge in [0.05, 0.1) is 13.2 Å². The van der Waals surface area contributed by atoms with E-state index in [1.807, 2.05) is 50.2 Å². The summed E-state index contributed by atoms with van der Waals surface area (Å²) >= 11 is 0. The molecule has 0 aliphatic heterocycles. The molecule has 0 radical (unpaired) electrons. The topological polar surface area (TPSA) is 56.8 Å². The van der Waals surface area contributed by atoms with Crippen molar-refractivity contribution in [1.29, 1.82) is 0 Å². The lowest BCUT2D eigenvalue weighted by molar-refractivity contribution is -0.128. The van der Waals surface area contributed by atoms with Crippen molar-refractivity contribution in [3.8, 4) is 17.2 Å². The van der Waals surface area contributed by atoms with E-state index in [-0.39, 0.29) is 11.9 Å². The molecule has 5 nitrogen and oxygen atoms in total. The van der Waals surface area contributed by atoms with Gasteiger partial charge in [0.15, 0.2) is 6.10 Å². The third-order valence-electron chi connectivity index (χ3n) is 3.63. The average Bonchev–Trinajstić information content (AvgIpc) is 2.61. The Morgan fingerprint density at radius 3 is 2.40 bits per heavy atom. The van der Waals surface area contributed by atoms with Crippen LogP contribution in [0.4, 0.5) is 0 Å². The maximum absolute atomic E-state index is 12.2. The smallest absolute Gasteiger partial charge is 0.261 e. The number of carbonyl (C=O) groups is 1. The van der Waals surface area contributed by atoms with Crippen molar-refractivity contribution in [2.24, 2.45) is 0 Å². The molecule has 0 fully saturated rings. The van der Waals surface area contributed by atoms with Crippen molar-refractivity contribution >= 4 is 5.91 Å². The highest BCUT2D eigenvalue weighted by Gasteiger charge is 2.17. The van der Waals surface area contributed by atoms with Gasteiger partial charge in [0.1, 0.15) is 23.9 Å². The molecule has 2 rings (SSSR count). The van der Waals surface area contributed by atoms with Crippen LogP contribution in [0, 0.1) is 6.92 Å². The zero-order valence-electron chi connectivity index (χ0n) is 15.1. The maximum Gasteiger partial charge on any atom is 0.261 e. The van der Waals surface area contributed by atoms with Crippen molar-refractivity contribution in [3.63, 3.8) is 0 Å². The molecule has 5 heteroatoms. The number of carbonyl (C=O) groups excluding carboxylic acids is 1. The lowest BCUT2D eigenvalue weighted by Crippen LogP contribution is -2.43. The van der Waals surface area contributed by atoms with Gasteiger partial charge in [-0.2, -0.15) is 0 Å². The summed E-state index contributed by atoms with van der Waals surface area (Å²) in [4.78, 5) is 12.2. The zero-order valence-corrected chi connectivity index (χ0v) is 15.1. The van der Waals surface area contributed by atoms with Gasteiger partial charge in [0.2, 0.25) is 0 Å². The number of aryl methyl sites for hydroxylation is 1. The Kier molecular flexibility index (Phi) is 6.69. The van der Waals surface area contributed by atoms with Crippen LogP contribution in [0.15, 0.2) is 48.5 Å². The van der Waals surface area contributed by atoms with Crippen molar-refractivity contribution in [2.45, 2.75) is 32.9 Å². The van der Waals surface area contributed by atoms with Gasteiger partial charge in [-0.1, -0.05) is 23.8 Å². The van der Waals surface area contributed by atoms with Gasteiger partial charge in [-0.25, -0.2) is 0 Å². The molecule has 0 aromatic heterocycles. The Balaban J connectivity index is 1.80. The molecule has 1 amide bonds. The third-order valence-corrected chi connectivity index (χ3v) is 3.63. The van der Waals surface area contributed by atoms with Gasteiger partial charge in [0, 0.05) is 6.07 Å². The summed E-state index contributed by atoms with van der Waals surface area (Å²) in [6.07, 6.45) is -0.617. The first-order valence-electron chi connectivity index (χ1n) is 8.28. The Labute approximate surface area is 148 Å². The number of benzene rings is 2. The molecule has 2 atom stereocenters. The Hall–Kier alpha value is -2.69. The first-order chi connectivity index (χ1) is 12.0. The van der Waals surface area contributed by atoms with E-state index in [1.165, 1.54) is 5.56 Å². The first-order valence-corrected chi connectivity index (χ1v) is 8.28. The number of hydrogen-bond donors (Lipinski definition) is 1. The Morgan fingerprint density at radius 2 is 1.72 bits per heavy atom. The molecule has 0 saturated carbocycles. The van der Waals surface area contributed by atoms with Crippen LogP contribution >= 0.6 is 0 Å². The molecule has 2 aromatic carbocycles. The normalized spacial score (nSPS) is 12.8. The number of nitrogens with one attached hydrogen (secondary N) is 1. The molecule has 1 N–H and O–H groups in total. The highest BCUT2D eigenvalue weighted by Crippen LogP contribution is 2.20. The third kappa shape index (κ3) is 6.03. The molecule has 0 aliphatic rings. The van der Waals surface area contributed by atoms with E-state index in [9.17, 15) is 4.79 Å². The number of ether oxygens (including phenoxy) is 3. The van der Waals surface area contributed by atoms with E-state index in [0.29, 0.717) is 18.1 Å². The van der Waals surface area contributed by atoms with Crippen molar-refractivity contribution < 1.29 is 19.0 Å². The molecule has 0 bridgehead atoms. The first kappa shape index (κ1) is 18.6. The molecule has 2 aromatic rings. The lowest BCUT2D eigenvalue weighted by Gasteiger charge is -2.19. The second-order valence-corrected chi connectivity index (χ2v) is 5.97. The van der Waals surface area contributed by atoms with Crippen LogP contribution in [0.25, 0.3) is 0 Å². The predicted molar refractivity (Wildman–Crippen MR) is 97.4 cm³/mol. The summed E-state index contributed by atoms with van der Waals surface area (Å²) in [6.45, 7) is 6.02. The minimum absolute atomic E-state index is 0.134. The monoisotopic (exact) mass is 343 g/mol. The van der Waals surface area contributed by atoms with E-state index in [2.05, 4.69) is 5.32 Å². The summed E-state index contributed by atoms with van der Waals surface area (Å²) in [5.41, 5.74) is 1.18. The molecular formula is C20H25NO4. The standard InChI is InChI=1S/C20H25NO4/c1-14-8-10-17(11-9-14)24-13-15(2)21-20(22)16(3)25-19-7-5-6-18(12-19)23-4/h5-12,15-16H,13H2,1-4H3,(H,21,22)/t15-,16+/m0/s1. The molecule has 0 spiro atoms. The SMILES string of the molecule is COc1cccc(O[C@H](C)C(=O)N[C@@H](C)COc2ccc(C)cc2)c1. The molecule has 134 valence electrons. The molecule has 0 aliphatic carbocycles. The fourth-order valence-corrected chi connectivity index (χ4v) is 2.19. The lowest BCUT2D eigenvalue weighted by atomic mass is 10.2. The van der Waals surface area contributed by atoms with Gasteiger partial charge in [-0.05, 0) is 45.0 Å². The molecular weight excluding hydrogens is 318 g/mol. The number of hydrogen-bond acceptors (Lipinski definition) is 4. The highest BCUT2D eigenvalue weighted by molar-refractivity contribution is 5.81. The van der Waals surface area contributed by atoms with Crippen LogP contribution in [0.3, 0.4) is 0 Å². The summed E-state index contributed by atoms with van der Waals surface area (Å²) in [7, 11) is 1.59. The second-order valence-electron chi connectivity index (χ2n) is 5.97. The Bertz CT molecular complexity index is 684. The molecule has 0 unspecified atom stereocenters. The van der Waals surface area contributed by atoms with Gasteiger partial charge in [0.25, 0.3) is 5.91 Å². The molecule has 0 saturated heterocycles. The Morgan fingerprint density at radius 1 is 1.04 bits per heavy atom. The zero-order chi connectivity index (χ0) is 18.2. The maximum atomic E-state index is 12.2. The quantitative estimate of drug-likeness (QED) is 0.798. The van der Waals surface area contributed by atoms with Crippen molar-refractivity contribution in [3.05, 3.63) is 54.1 Å². The highest BCUT2D eigenvalue weighted by atomic mass is 16.5. The van der Waals surface area contributed by atoms with Crippen LogP contribution in [0.2, 0.25) is 0 Å². The number of rotatable bonds is 8. The molecule has 0 heterocycles. The van der Waals surface area contributed by atoms with Crippen LogP contribution in [0.1, 0.15) is 19.4 Å². The minimum Gasteiger partial charge on any atom is -0.497 e. The fraction of sp³-hybridized carbons (Fsp3) is 0.350. The molecule has 25 heavy (non-hydrogen) atoms. The van der Waals surface area contributed by atoms with Gasteiger partial charge in [-0.3, -0.25) is 4.79 Å². The summed E-state index contributed by atoms with van der Waals surface area (Å²) in [6, 6.07) is 14.8. The van der Waals surface area contributed by atoms with Crippen molar-refractivity contribution in [2.75, 3.05) is 13.7 Å². The van der Waals surface area contributed by atoms with Crippen LogP contribution in [0.5, 0.6) is 17.2 Å². The minimum atomic E-state index is -0.617. The van der Waals surface area contributed by atoms with E-state index < -0.39 is 6.10 Å². The fourth-order valence-electron chi connectivity index (χ4n) is 2.19. The van der Waals surface area contributed by atoms with Crippen molar-refractivity contribution in [1.82, 2.24) is 5.32 Å². The summed E-state index contributed by atoms with van der Waals surface area (Å²) in [5, 5.41) is 2.89. The van der Waals surface area contributed by atoms with Crippen LogP contribution in [-0.4, -0.2) is 31.8 Å². The average molecular weight is 343 g/mol. The van der Waals surface area contributed by atoms with Gasteiger partial charge < -0.3 is 19.5 Å². The van der Waals surface area contributed by atoms with E-state index >= 15 is 0 Å². The second kappa shape index (κ2) is 8.97. The van der Waals surface area contributed by atoms with Crippen LogP contribution < -0.4 is 19.5 Å². The summed E-state index contributed by atoms with van der Waals surface area (Å²) < 4.78 is 16.5. The van der Waals surface area contributed by atoms with Gasteiger partial charge in [-0.15, -0.1) is 0 Å². The predicted octanol–water partition coefficient (Wildman–Crippen LogP) is 3.35. The van der Waals surface area contributed by atoms with E-state index in [4.69, 9.17) is 14.2 Å². The van der Waals surface area contributed by atoms with E-state index in [0.717, 1.165) is 5.75 Å².